The van der Waals surface area contributed by atoms with Gasteiger partial charge in [-0.3, -0.25) is 19.4 Å². The van der Waals surface area contributed by atoms with Crippen LogP contribution in [0.4, 0.5) is 18.4 Å². The van der Waals surface area contributed by atoms with Crippen molar-refractivity contribution >= 4 is 47.3 Å². The number of benzene rings is 2. The van der Waals surface area contributed by atoms with Gasteiger partial charge in [-0.15, -0.1) is 0 Å². The molecule has 6 aliphatic heterocycles. The summed E-state index contributed by atoms with van der Waals surface area (Å²) < 4.78 is 74.0. The number of carbonyl (C=O) groups excluding carboxylic acids is 4. The van der Waals surface area contributed by atoms with E-state index in [0.717, 1.165) is 12.6 Å². The monoisotopic (exact) mass is 1120 g/mol. The number of aromatic hydroxyl groups is 1. The Hall–Kier alpha value is -6.46. The van der Waals surface area contributed by atoms with Crippen LogP contribution < -0.4 is 23.7 Å². The molecule has 1 N–H and O–H groups in total. The van der Waals surface area contributed by atoms with Crippen LogP contribution in [0.5, 0.6) is 34.8 Å². The SMILES string of the molecule is CN1CC[C@H](Oc2nc(-c3c(O)cccc3F)c(Cl)c3c2C(=O)N2CCN(CN4CC[C@H](Oc5nc(-c6c(F)cccc6OC(=O)OC(C)(C)C)c(Cl)c6c5C(=O)N5CCN(C(=O)OC(C)(C)C)C[C@@H]5CO6)C4)C[C@@H]2CO3)C1. The Morgan fingerprint density at radius 1 is 0.679 bits per heavy atom. The molecule has 0 bridgehead atoms. The highest BCUT2D eigenvalue weighted by Crippen LogP contribution is 2.48. The van der Waals surface area contributed by atoms with Gasteiger partial charge in [-0.05, 0) is 85.7 Å². The van der Waals surface area contributed by atoms with E-state index in [4.69, 9.17) is 61.3 Å². The Kier molecular flexibility index (Phi) is 15.2. The Morgan fingerprint density at radius 3 is 1.81 bits per heavy atom. The number of likely N-dealkylation sites (N-methyl/N-ethyl adjacent to an activating group) is 1. The highest BCUT2D eigenvalue weighted by Gasteiger charge is 2.45. The van der Waals surface area contributed by atoms with Crippen LogP contribution in [-0.2, 0) is 9.47 Å². The molecule has 4 atom stereocenters. The van der Waals surface area contributed by atoms with Crippen molar-refractivity contribution in [2.24, 2.45) is 0 Å². The van der Waals surface area contributed by atoms with Crippen LogP contribution in [-0.4, -0.2) is 196 Å². The van der Waals surface area contributed by atoms with Crippen molar-refractivity contribution in [1.82, 2.24) is 39.4 Å². The summed E-state index contributed by atoms with van der Waals surface area (Å²) in [6.45, 7) is 14.5. The molecule has 3 amide bonds. The first-order chi connectivity index (χ1) is 37.0. The lowest BCUT2D eigenvalue weighted by Gasteiger charge is -2.41. The lowest BCUT2D eigenvalue weighted by atomic mass is 10.1. The number of carbonyl (C=O) groups is 4. The van der Waals surface area contributed by atoms with E-state index in [9.17, 15) is 24.3 Å². The van der Waals surface area contributed by atoms with Crippen molar-refractivity contribution < 1.29 is 66.2 Å². The van der Waals surface area contributed by atoms with Crippen LogP contribution in [0.15, 0.2) is 36.4 Å². The Morgan fingerprint density at radius 2 is 1.22 bits per heavy atom. The Labute approximate surface area is 459 Å². The molecule has 4 saturated heterocycles. The Bertz CT molecular complexity index is 3010. The maximum atomic E-state index is 16.2. The fourth-order valence-corrected chi connectivity index (χ4v) is 11.2. The van der Waals surface area contributed by atoms with Gasteiger partial charge < -0.3 is 57.9 Å². The van der Waals surface area contributed by atoms with Gasteiger partial charge in [-0.1, -0.05) is 35.3 Å². The summed E-state index contributed by atoms with van der Waals surface area (Å²) in [5.41, 5.74) is -2.63. The first-order valence-electron chi connectivity index (χ1n) is 26.0. The van der Waals surface area contributed by atoms with Crippen LogP contribution in [0.1, 0.15) is 75.1 Å². The summed E-state index contributed by atoms with van der Waals surface area (Å²) in [6.07, 6.45) is -1.37. The number of amides is 3. The van der Waals surface area contributed by atoms with Crippen molar-refractivity contribution in [2.75, 3.05) is 92.4 Å². The van der Waals surface area contributed by atoms with Crippen LogP contribution in [0.25, 0.3) is 22.5 Å². The highest BCUT2D eigenvalue weighted by atomic mass is 35.5. The van der Waals surface area contributed by atoms with Crippen molar-refractivity contribution in [3.63, 3.8) is 0 Å². The van der Waals surface area contributed by atoms with E-state index in [1.165, 1.54) is 35.2 Å². The third-order valence-corrected chi connectivity index (χ3v) is 14.9. The largest absolute Gasteiger partial charge is 0.514 e. The summed E-state index contributed by atoms with van der Waals surface area (Å²) in [4.78, 5) is 76.3. The molecular weight excluding hydrogens is 1060 g/mol. The molecule has 0 unspecified atom stereocenters. The van der Waals surface area contributed by atoms with E-state index in [-0.39, 0.29) is 112 Å². The molecular formula is C54H62Cl2F2N8O12. The van der Waals surface area contributed by atoms with Gasteiger partial charge in [0.15, 0.2) is 11.5 Å². The topological polar surface area (TPSA) is 198 Å². The first kappa shape index (κ1) is 54.9. The molecule has 24 heteroatoms. The molecule has 78 heavy (non-hydrogen) atoms. The first-order valence-corrected chi connectivity index (χ1v) is 26.7. The lowest BCUT2D eigenvalue weighted by molar-refractivity contribution is 0.000846. The second-order valence-electron chi connectivity index (χ2n) is 22.3. The van der Waals surface area contributed by atoms with E-state index >= 15 is 8.78 Å². The number of nitrogens with zero attached hydrogens (tertiary/aromatic N) is 8. The van der Waals surface area contributed by atoms with Gasteiger partial charge in [0.05, 0.1) is 29.9 Å². The summed E-state index contributed by atoms with van der Waals surface area (Å²) >= 11 is 14.1. The average Bonchev–Trinajstić information content (AvgIpc) is 3.91. The highest BCUT2D eigenvalue weighted by molar-refractivity contribution is 6.36. The smallest absolute Gasteiger partial charge is 0.507 e. The Balaban J connectivity index is 0.893. The number of phenols is 1. The summed E-state index contributed by atoms with van der Waals surface area (Å²) in [7, 11) is 1.96. The van der Waals surface area contributed by atoms with Gasteiger partial charge in [0.25, 0.3) is 11.8 Å². The predicted molar refractivity (Wildman–Crippen MR) is 280 cm³/mol. The molecule has 10 rings (SSSR count). The minimum Gasteiger partial charge on any atom is -0.507 e. The van der Waals surface area contributed by atoms with E-state index < -0.39 is 70.8 Å². The quantitative estimate of drug-likeness (QED) is 0.127. The summed E-state index contributed by atoms with van der Waals surface area (Å²) in [5, 5.41) is 10.4. The normalized spacial score (nSPS) is 22.1. The number of rotatable bonds is 9. The van der Waals surface area contributed by atoms with Crippen molar-refractivity contribution in [3.05, 3.63) is 69.2 Å². The predicted octanol–water partition coefficient (Wildman–Crippen LogP) is 7.58. The van der Waals surface area contributed by atoms with Gasteiger partial charge in [0.1, 0.15) is 92.3 Å². The zero-order valence-electron chi connectivity index (χ0n) is 44.4. The van der Waals surface area contributed by atoms with E-state index in [1.807, 2.05) is 7.05 Å². The van der Waals surface area contributed by atoms with Gasteiger partial charge in [-0.2, -0.15) is 0 Å². The number of piperazine rings is 2. The lowest BCUT2D eigenvalue weighted by Crippen LogP contribution is -2.58. The molecule has 2 aromatic heterocycles. The molecule has 0 radical (unpaired) electrons. The van der Waals surface area contributed by atoms with Gasteiger partial charge in [-0.25, -0.2) is 28.3 Å². The maximum Gasteiger partial charge on any atom is 0.514 e. The van der Waals surface area contributed by atoms with Crippen LogP contribution in [0.2, 0.25) is 10.0 Å². The number of pyridine rings is 2. The van der Waals surface area contributed by atoms with Crippen LogP contribution in [0.3, 0.4) is 0 Å². The van der Waals surface area contributed by atoms with E-state index in [0.29, 0.717) is 58.8 Å². The maximum absolute atomic E-state index is 16.2. The van der Waals surface area contributed by atoms with E-state index in [2.05, 4.69) is 19.7 Å². The fraction of sp³-hybridized carbons (Fsp3) is 0.519. The van der Waals surface area contributed by atoms with Crippen molar-refractivity contribution in [1.29, 1.82) is 0 Å². The second kappa shape index (κ2) is 21.6. The standard InChI is InChI=1S/C54H62Cl2F2N8O12/c1-53(2,3)77-51(70)64-19-21-66-30(23-64)27-73-46-40(50(66)69)48(60-44(42(46)56)38-34(58)11-9-13-36(38)76-52(71)78-54(4,5)6)75-32-15-17-62(25-32)28-63-18-20-65-29(22-63)26-72-45-39(49(65)68)47(74-31-14-16-61(7)24-31)59-43(41(45)55)37-33(57)10-8-12-35(37)67/h8-13,29-32,67H,14-28H2,1-7H3/t29-,30-,31+,32+/m1/s1. The summed E-state index contributed by atoms with van der Waals surface area (Å²) in [6, 6.07) is 6.63. The number of phenolic OH excluding ortho intramolecular Hbond substituents is 1. The number of ether oxygens (including phenoxy) is 7. The minimum atomic E-state index is -1.10. The zero-order chi connectivity index (χ0) is 55.5. The molecule has 2 aromatic carbocycles. The van der Waals surface area contributed by atoms with Crippen molar-refractivity contribution in [3.8, 4) is 57.3 Å². The molecule has 8 heterocycles. The molecule has 0 aliphatic carbocycles. The zero-order valence-corrected chi connectivity index (χ0v) is 45.9. The summed E-state index contributed by atoms with van der Waals surface area (Å²) in [5.74, 6) is -3.55. The number of fused-ring (bicyclic) bond motifs is 4. The van der Waals surface area contributed by atoms with Crippen molar-refractivity contribution in [2.45, 2.75) is 89.9 Å². The molecule has 0 saturated carbocycles. The number of likely N-dealkylation sites (tertiary alicyclic amines) is 2. The molecule has 418 valence electrons. The van der Waals surface area contributed by atoms with Gasteiger partial charge in [0.2, 0.25) is 11.8 Å². The molecule has 20 nitrogen and oxygen atoms in total. The molecule has 6 aliphatic rings. The average molecular weight is 1120 g/mol. The molecule has 4 aromatic rings. The van der Waals surface area contributed by atoms with Gasteiger partial charge in [0, 0.05) is 65.4 Å². The molecule has 0 spiro atoms. The minimum absolute atomic E-state index is 0.00253. The number of hydrogen-bond acceptors (Lipinski definition) is 17. The van der Waals surface area contributed by atoms with Crippen LogP contribution >= 0.6 is 23.2 Å². The van der Waals surface area contributed by atoms with E-state index in [1.54, 1.807) is 51.3 Å². The third kappa shape index (κ3) is 11.4. The van der Waals surface area contributed by atoms with Crippen LogP contribution in [0, 0.1) is 11.6 Å². The van der Waals surface area contributed by atoms with Gasteiger partial charge >= 0.3 is 12.2 Å². The third-order valence-electron chi connectivity index (χ3n) is 14.2. The number of hydrogen-bond donors (Lipinski definition) is 1. The molecule has 4 fully saturated rings. The fourth-order valence-electron chi connectivity index (χ4n) is 10.6. The second-order valence-corrected chi connectivity index (χ2v) is 23.1. The number of aromatic nitrogens is 2. The number of halogens is 4.